The lowest BCUT2D eigenvalue weighted by Crippen LogP contribution is -2.23. The molecule has 0 radical (unpaired) electrons. The van der Waals surface area contributed by atoms with Crippen LogP contribution in [0, 0.1) is 24.4 Å². The molecule has 1 amide bonds. The molecule has 1 aliphatic rings. The van der Waals surface area contributed by atoms with Gasteiger partial charge in [0.25, 0.3) is 0 Å². The maximum atomic E-state index is 15.5. The number of benzene rings is 3. The van der Waals surface area contributed by atoms with Crippen LogP contribution in [0.2, 0.25) is 0 Å². The molecular formula is C32H25F3N4O4. The van der Waals surface area contributed by atoms with Crippen molar-refractivity contribution in [3.05, 3.63) is 112 Å². The number of nitrogens with zero attached hydrogens (tertiary/aromatic N) is 3. The smallest absolute Gasteiger partial charge is 0.335 e. The summed E-state index contributed by atoms with van der Waals surface area (Å²) >= 11 is 0. The fourth-order valence-corrected chi connectivity index (χ4v) is 5.23. The molecule has 1 atom stereocenters. The summed E-state index contributed by atoms with van der Waals surface area (Å²) < 4.78 is 52.4. The minimum absolute atomic E-state index is 0.00285. The predicted octanol–water partition coefficient (Wildman–Crippen LogP) is 5.75. The van der Waals surface area contributed by atoms with Gasteiger partial charge < -0.3 is 19.7 Å². The Bertz CT molecular complexity index is 1910. The van der Waals surface area contributed by atoms with Crippen LogP contribution in [-0.2, 0) is 17.8 Å². The van der Waals surface area contributed by atoms with Crippen LogP contribution < -0.4 is 10.1 Å². The second-order valence-corrected chi connectivity index (χ2v) is 10.3. The van der Waals surface area contributed by atoms with Crippen LogP contribution in [0.4, 0.5) is 13.2 Å². The summed E-state index contributed by atoms with van der Waals surface area (Å²) in [5.74, 6) is -2.85. The molecule has 5 aromatic rings. The molecule has 2 aromatic heterocycles. The van der Waals surface area contributed by atoms with Crippen molar-refractivity contribution in [2.75, 3.05) is 6.54 Å². The monoisotopic (exact) mass is 586 g/mol. The fourth-order valence-electron chi connectivity index (χ4n) is 5.23. The zero-order chi connectivity index (χ0) is 30.2. The second kappa shape index (κ2) is 11.2. The normalized spacial score (nSPS) is 14.7. The molecule has 0 unspecified atom stereocenters. The molecule has 218 valence electrons. The van der Waals surface area contributed by atoms with Gasteiger partial charge in [0.05, 0.1) is 22.3 Å². The Morgan fingerprint density at radius 3 is 2.56 bits per heavy atom. The Morgan fingerprint density at radius 1 is 1.00 bits per heavy atom. The van der Waals surface area contributed by atoms with Gasteiger partial charge in [0.2, 0.25) is 11.8 Å². The third-order valence-electron chi connectivity index (χ3n) is 7.41. The van der Waals surface area contributed by atoms with Crippen LogP contribution in [0.5, 0.6) is 5.88 Å². The largest absolute Gasteiger partial charge is 0.478 e. The average Bonchev–Trinajstić information content (AvgIpc) is 3.55. The molecule has 11 heteroatoms. The SMILES string of the molecule is Cc1ccc(COc2cccc(-c3cc(F)c(Cc4nc5ccc(C(=O)O)cc5n4[C@H]4CCNC4=O)cc3F)n2)c(F)c1. The summed E-state index contributed by atoms with van der Waals surface area (Å²) in [6.07, 6.45) is 0.285. The van der Waals surface area contributed by atoms with Crippen molar-refractivity contribution in [2.45, 2.75) is 32.4 Å². The van der Waals surface area contributed by atoms with Crippen LogP contribution in [0.25, 0.3) is 22.3 Å². The molecule has 0 bridgehead atoms. The second-order valence-electron chi connectivity index (χ2n) is 10.3. The zero-order valence-corrected chi connectivity index (χ0v) is 22.9. The number of rotatable bonds is 8. The maximum Gasteiger partial charge on any atom is 0.335 e. The first kappa shape index (κ1) is 28.0. The number of amides is 1. The van der Waals surface area contributed by atoms with Crippen LogP contribution in [0.15, 0.2) is 66.7 Å². The lowest BCUT2D eigenvalue weighted by molar-refractivity contribution is -0.121. The van der Waals surface area contributed by atoms with Gasteiger partial charge >= 0.3 is 5.97 Å². The average molecular weight is 587 g/mol. The van der Waals surface area contributed by atoms with E-state index < -0.39 is 29.5 Å². The third-order valence-corrected chi connectivity index (χ3v) is 7.41. The predicted molar refractivity (Wildman–Crippen MR) is 151 cm³/mol. The van der Waals surface area contributed by atoms with Gasteiger partial charge in [-0.3, -0.25) is 4.79 Å². The molecule has 3 aromatic carbocycles. The van der Waals surface area contributed by atoms with Crippen LogP contribution in [0.1, 0.15) is 45.3 Å². The van der Waals surface area contributed by atoms with Crippen LogP contribution in [-0.4, -0.2) is 38.1 Å². The third kappa shape index (κ3) is 5.53. The number of fused-ring (bicyclic) bond motifs is 1. The van der Waals surface area contributed by atoms with Crippen molar-refractivity contribution < 1.29 is 32.6 Å². The molecule has 0 spiro atoms. The van der Waals surface area contributed by atoms with Gasteiger partial charge in [0.1, 0.15) is 35.9 Å². The molecule has 0 aliphatic carbocycles. The highest BCUT2D eigenvalue weighted by atomic mass is 19.1. The quantitative estimate of drug-likeness (QED) is 0.240. The number of carbonyl (C=O) groups excluding carboxylic acids is 1. The Hall–Kier alpha value is -5.19. The van der Waals surface area contributed by atoms with E-state index in [2.05, 4.69) is 15.3 Å². The highest BCUT2D eigenvalue weighted by Crippen LogP contribution is 2.31. The molecule has 43 heavy (non-hydrogen) atoms. The van der Waals surface area contributed by atoms with E-state index in [1.807, 2.05) is 0 Å². The van der Waals surface area contributed by atoms with Gasteiger partial charge in [-0.1, -0.05) is 18.2 Å². The number of carboxylic acid groups (broad SMARTS) is 1. The molecule has 1 fully saturated rings. The van der Waals surface area contributed by atoms with Crippen molar-refractivity contribution in [3.63, 3.8) is 0 Å². The molecule has 0 saturated carbocycles. The van der Waals surface area contributed by atoms with Crippen LogP contribution in [0.3, 0.4) is 0 Å². The molecule has 3 heterocycles. The van der Waals surface area contributed by atoms with Crippen LogP contribution >= 0.6 is 0 Å². The van der Waals surface area contributed by atoms with E-state index in [0.717, 1.165) is 17.7 Å². The number of hydrogen-bond acceptors (Lipinski definition) is 5. The first-order chi connectivity index (χ1) is 20.7. The first-order valence-electron chi connectivity index (χ1n) is 13.5. The van der Waals surface area contributed by atoms with Crippen molar-refractivity contribution in [1.29, 1.82) is 0 Å². The number of aryl methyl sites for hydroxylation is 1. The Balaban J connectivity index is 1.30. The van der Waals surface area contributed by atoms with Gasteiger partial charge in [0, 0.05) is 30.2 Å². The highest BCUT2D eigenvalue weighted by molar-refractivity contribution is 5.93. The van der Waals surface area contributed by atoms with Crippen molar-refractivity contribution >= 4 is 22.9 Å². The lowest BCUT2D eigenvalue weighted by Gasteiger charge is -2.15. The number of halogens is 3. The summed E-state index contributed by atoms with van der Waals surface area (Å²) in [5, 5.41) is 12.2. The Morgan fingerprint density at radius 2 is 1.81 bits per heavy atom. The van der Waals surface area contributed by atoms with Gasteiger partial charge in [-0.2, -0.15) is 0 Å². The number of hydrogen-bond donors (Lipinski definition) is 2. The molecular weight excluding hydrogens is 561 g/mol. The van der Waals surface area contributed by atoms with Gasteiger partial charge in [-0.05, 0) is 66.9 Å². The van der Waals surface area contributed by atoms with E-state index in [9.17, 15) is 19.1 Å². The Kier molecular flexibility index (Phi) is 7.31. The van der Waals surface area contributed by atoms with Crippen molar-refractivity contribution in [2.24, 2.45) is 0 Å². The van der Waals surface area contributed by atoms with E-state index in [0.29, 0.717) is 35.4 Å². The summed E-state index contributed by atoms with van der Waals surface area (Å²) in [4.78, 5) is 33.0. The summed E-state index contributed by atoms with van der Waals surface area (Å²) in [5.41, 5.74) is 2.00. The highest BCUT2D eigenvalue weighted by Gasteiger charge is 2.30. The molecule has 6 rings (SSSR count). The standard InChI is InChI=1S/C32H25F3N4O4/c1-17-5-6-19(22(33)11-17)16-43-30-4-2-3-25(38-30)21-15-23(34)20(12-24(21)35)14-29-37-26-8-7-18(32(41)42)13-28(26)39(29)27-9-10-36-31(27)40/h2-8,11-13,15,27H,9-10,14,16H2,1H3,(H,36,40)(H,41,42)/t27-/m0/s1. The van der Waals surface area contributed by atoms with Gasteiger partial charge in [-0.15, -0.1) is 0 Å². The number of nitrogens with one attached hydrogen (secondary N) is 1. The number of aromatic carboxylic acids is 1. The van der Waals surface area contributed by atoms with E-state index in [1.54, 1.807) is 29.7 Å². The topological polar surface area (TPSA) is 106 Å². The first-order valence-corrected chi connectivity index (χ1v) is 13.5. The van der Waals surface area contributed by atoms with E-state index in [1.165, 1.54) is 36.4 Å². The van der Waals surface area contributed by atoms with E-state index in [-0.39, 0.29) is 47.2 Å². The molecule has 8 nitrogen and oxygen atoms in total. The fraction of sp³-hybridized carbons (Fsp3) is 0.188. The number of ether oxygens (including phenoxy) is 1. The van der Waals surface area contributed by atoms with E-state index in [4.69, 9.17) is 4.74 Å². The van der Waals surface area contributed by atoms with Gasteiger partial charge in [0.15, 0.2) is 0 Å². The molecule has 1 saturated heterocycles. The molecule has 2 N–H and O–H groups in total. The summed E-state index contributed by atoms with van der Waals surface area (Å²) in [7, 11) is 0. The summed E-state index contributed by atoms with van der Waals surface area (Å²) in [6, 6.07) is 15.2. The minimum atomic E-state index is -1.14. The number of carbonyl (C=O) groups is 2. The molecule has 1 aliphatic heterocycles. The number of imidazole rings is 1. The zero-order valence-electron chi connectivity index (χ0n) is 22.9. The van der Waals surface area contributed by atoms with Gasteiger partial charge in [-0.25, -0.2) is 27.9 Å². The maximum absolute atomic E-state index is 15.5. The van der Waals surface area contributed by atoms with Crippen molar-refractivity contribution in [1.82, 2.24) is 19.9 Å². The van der Waals surface area contributed by atoms with E-state index >= 15 is 8.78 Å². The minimum Gasteiger partial charge on any atom is -0.478 e. The summed E-state index contributed by atoms with van der Waals surface area (Å²) in [6.45, 7) is 2.11. The number of aromatic nitrogens is 3. The van der Waals surface area contributed by atoms with Crippen molar-refractivity contribution in [3.8, 4) is 17.1 Å². The lowest BCUT2D eigenvalue weighted by atomic mass is 10.0. The number of pyridine rings is 1. The Labute approximate surface area is 243 Å². The number of carboxylic acids is 1.